The van der Waals surface area contributed by atoms with Crippen LogP contribution >= 0.6 is 0 Å². The number of carbonyl (C=O) groups excluding carboxylic acids is 2. The van der Waals surface area contributed by atoms with Crippen LogP contribution in [0.1, 0.15) is 12.5 Å². The molecule has 7 nitrogen and oxygen atoms in total. The molecule has 0 spiro atoms. The molecule has 8 heteroatoms. The van der Waals surface area contributed by atoms with Crippen molar-refractivity contribution < 1.29 is 18.7 Å². The van der Waals surface area contributed by atoms with Gasteiger partial charge in [0.15, 0.2) is 11.6 Å². The van der Waals surface area contributed by atoms with E-state index in [0.717, 1.165) is 16.5 Å². The molecule has 1 aromatic heterocycles. The molecule has 0 saturated heterocycles. The Hall–Kier alpha value is -3.94. The molecule has 2 aromatic carbocycles. The van der Waals surface area contributed by atoms with Crippen molar-refractivity contribution in [3.63, 3.8) is 0 Å². The number of nitrogens with zero attached hydrogens (tertiary/aromatic N) is 2. The zero-order chi connectivity index (χ0) is 21.0. The summed E-state index contributed by atoms with van der Waals surface area (Å²) in [6.45, 7) is 1.91. The Morgan fingerprint density at radius 1 is 1.14 bits per heavy atom. The van der Waals surface area contributed by atoms with Gasteiger partial charge in [0.1, 0.15) is 11.6 Å². The number of amides is 2. The van der Waals surface area contributed by atoms with Gasteiger partial charge in [-0.3, -0.25) is 14.5 Å². The molecule has 29 heavy (non-hydrogen) atoms. The number of hydrogen-bond donors (Lipinski definition) is 2. The smallest absolute Gasteiger partial charge is 0.320 e. The van der Waals surface area contributed by atoms with Gasteiger partial charge in [0.2, 0.25) is 0 Å². The third-order valence-electron chi connectivity index (χ3n) is 4.18. The molecule has 3 aromatic rings. The summed E-state index contributed by atoms with van der Waals surface area (Å²) in [6.07, 6.45) is 2.04. The molecule has 148 valence electrons. The fourth-order valence-corrected chi connectivity index (χ4v) is 2.83. The SMILES string of the molecule is CCc1ccccc1N(C(=O)C(N)=O)c1ccc(Oc2ccnc(N)c2)c(F)c1. The second kappa shape index (κ2) is 8.39. The van der Waals surface area contributed by atoms with Gasteiger partial charge in [-0.1, -0.05) is 25.1 Å². The Morgan fingerprint density at radius 2 is 1.90 bits per heavy atom. The fraction of sp³-hybridized carbons (Fsp3) is 0.0952. The number of anilines is 3. The van der Waals surface area contributed by atoms with E-state index in [0.29, 0.717) is 17.9 Å². The van der Waals surface area contributed by atoms with E-state index in [-0.39, 0.29) is 17.3 Å². The molecule has 4 N–H and O–H groups in total. The quantitative estimate of drug-likeness (QED) is 0.645. The summed E-state index contributed by atoms with van der Waals surface area (Å²) < 4.78 is 20.2. The summed E-state index contributed by atoms with van der Waals surface area (Å²) in [4.78, 5) is 29.1. The van der Waals surface area contributed by atoms with Crippen LogP contribution in [0.4, 0.5) is 21.6 Å². The van der Waals surface area contributed by atoms with Crippen LogP contribution in [0.15, 0.2) is 60.8 Å². The van der Waals surface area contributed by atoms with Crippen LogP contribution in [0.25, 0.3) is 0 Å². The summed E-state index contributed by atoms with van der Waals surface area (Å²) in [5.74, 6) is -2.38. The van der Waals surface area contributed by atoms with Crippen molar-refractivity contribution in [3.05, 3.63) is 72.2 Å². The highest BCUT2D eigenvalue weighted by Crippen LogP contribution is 2.33. The summed E-state index contributed by atoms with van der Waals surface area (Å²) in [7, 11) is 0. The van der Waals surface area contributed by atoms with Crippen LogP contribution in [0.5, 0.6) is 11.5 Å². The molecule has 0 radical (unpaired) electrons. The number of benzene rings is 2. The van der Waals surface area contributed by atoms with E-state index < -0.39 is 17.6 Å². The molecule has 0 saturated carbocycles. The molecule has 0 aliphatic rings. The van der Waals surface area contributed by atoms with Gasteiger partial charge in [-0.25, -0.2) is 9.37 Å². The third kappa shape index (κ3) is 4.32. The number of halogens is 1. The molecule has 1 heterocycles. The minimum atomic E-state index is -1.15. The number of aromatic nitrogens is 1. The van der Waals surface area contributed by atoms with E-state index in [1.54, 1.807) is 12.1 Å². The summed E-state index contributed by atoms with van der Waals surface area (Å²) >= 11 is 0. The Morgan fingerprint density at radius 3 is 2.55 bits per heavy atom. The monoisotopic (exact) mass is 394 g/mol. The van der Waals surface area contributed by atoms with Gasteiger partial charge in [-0.15, -0.1) is 0 Å². The molecule has 2 amide bonds. The zero-order valence-electron chi connectivity index (χ0n) is 15.6. The number of rotatable bonds is 5. The lowest BCUT2D eigenvalue weighted by Gasteiger charge is -2.24. The van der Waals surface area contributed by atoms with Crippen LogP contribution in [0, 0.1) is 5.82 Å². The number of primary amides is 1. The first-order valence-corrected chi connectivity index (χ1v) is 8.81. The lowest BCUT2D eigenvalue weighted by Crippen LogP contribution is -2.37. The van der Waals surface area contributed by atoms with E-state index >= 15 is 0 Å². The second-order valence-corrected chi connectivity index (χ2v) is 6.12. The van der Waals surface area contributed by atoms with Crippen molar-refractivity contribution in [3.8, 4) is 11.5 Å². The Bertz CT molecular complexity index is 1070. The van der Waals surface area contributed by atoms with Crippen LogP contribution < -0.4 is 21.1 Å². The Kier molecular flexibility index (Phi) is 5.73. The van der Waals surface area contributed by atoms with Gasteiger partial charge in [0.05, 0.1) is 11.4 Å². The summed E-state index contributed by atoms with van der Waals surface area (Å²) in [5, 5.41) is 0. The molecule has 0 fully saturated rings. The van der Waals surface area contributed by atoms with Gasteiger partial charge in [-0.05, 0) is 36.2 Å². The van der Waals surface area contributed by atoms with Gasteiger partial charge >= 0.3 is 11.8 Å². The van der Waals surface area contributed by atoms with E-state index in [4.69, 9.17) is 16.2 Å². The number of para-hydroxylation sites is 1. The van der Waals surface area contributed by atoms with Gasteiger partial charge in [0, 0.05) is 18.3 Å². The molecular formula is C21H19FN4O3. The first-order valence-electron chi connectivity index (χ1n) is 8.81. The van der Waals surface area contributed by atoms with Crippen molar-refractivity contribution in [2.75, 3.05) is 10.6 Å². The van der Waals surface area contributed by atoms with Gasteiger partial charge in [0.25, 0.3) is 0 Å². The lowest BCUT2D eigenvalue weighted by atomic mass is 10.1. The van der Waals surface area contributed by atoms with Crippen LogP contribution in [-0.4, -0.2) is 16.8 Å². The van der Waals surface area contributed by atoms with Crippen molar-refractivity contribution in [1.82, 2.24) is 4.98 Å². The number of ether oxygens (including phenoxy) is 1. The maximum absolute atomic E-state index is 14.7. The third-order valence-corrected chi connectivity index (χ3v) is 4.18. The summed E-state index contributed by atoms with van der Waals surface area (Å²) in [5.41, 5.74) is 12.2. The number of pyridine rings is 1. The summed E-state index contributed by atoms with van der Waals surface area (Å²) in [6, 6.07) is 13.9. The lowest BCUT2D eigenvalue weighted by molar-refractivity contribution is -0.135. The van der Waals surface area contributed by atoms with Crippen molar-refractivity contribution in [1.29, 1.82) is 0 Å². The van der Waals surface area contributed by atoms with E-state index in [9.17, 15) is 14.0 Å². The second-order valence-electron chi connectivity index (χ2n) is 6.12. The largest absolute Gasteiger partial charge is 0.454 e. The van der Waals surface area contributed by atoms with E-state index in [1.165, 1.54) is 30.5 Å². The molecular weight excluding hydrogens is 375 g/mol. The Labute approximate surface area is 166 Å². The average molecular weight is 394 g/mol. The van der Waals surface area contributed by atoms with Crippen molar-refractivity contribution >= 4 is 29.0 Å². The highest BCUT2D eigenvalue weighted by Gasteiger charge is 2.25. The van der Waals surface area contributed by atoms with Crippen molar-refractivity contribution in [2.24, 2.45) is 5.73 Å². The van der Waals surface area contributed by atoms with E-state index in [1.807, 2.05) is 19.1 Å². The van der Waals surface area contributed by atoms with Crippen LogP contribution in [-0.2, 0) is 16.0 Å². The predicted molar refractivity (Wildman–Crippen MR) is 107 cm³/mol. The Balaban J connectivity index is 2.02. The number of nitrogens with two attached hydrogens (primary N) is 2. The number of nitrogen functional groups attached to an aromatic ring is 1. The van der Waals surface area contributed by atoms with E-state index in [2.05, 4.69) is 4.98 Å². The maximum Gasteiger partial charge on any atom is 0.320 e. The predicted octanol–water partition coefficient (Wildman–Crippen LogP) is 3.31. The molecule has 0 aliphatic carbocycles. The number of carbonyl (C=O) groups is 2. The molecule has 3 rings (SSSR count). The van der Waals surface area contributed by atoms with Gasteiger partial charge in [-0.2, -0.15) is 0 Å². The molecule has 0 bridgehead atoms. The molecule has 0 unspecified atom stereocenters. The topological polar surface area (TPSA) is 112 Å². The standard InChI is InChI=1S/C21H19FN4O3/c1-2-13-5-3-4-6-17(13)26(21(28)20(24)27)14-7-8-18(16(22)11-14)29-15-9-10-25-19(23)12-15/h3-12H,2H2,1H3,(H2,23,25)(H2,24,27). The normalized spacial score (nSPS) is 10.4. The number of hydrogen-bond acceptors (Lipinski definition) is 5. The zero-order valence-corrected chi connectivity index (χ0v) is 15.6. The average Bonchev–Trinajstić information content (AvgIpc) is 2.70. The minimum absolute atomic E-state index is 0.0744. The van der Waals surface area contributed by atoms with Gasteiger partial charge < -0.3 is 16.2 Å². The van der Waals surface area contributed by atoms with Crippen molar-refractivity contribution in [2.45, 2.75) is 13.3 Å². The minimum Gasteiger partial charge on any atom is -0.454 e. The maximum atomic E-state index is 14.7. The fourth-order valence-electron chi connectivity index (χ4n) is 2.83. The highest BCUT2D eigenvalue weighted by molar-refractivity contribution is 6.41. The molecule has 0 aliphatic heterocycles. The van der Waals surface area contributed by atoms with Crippen LogP contribution in [0.3, 0.4) is 0 Å². The number of aryl methyl sites for hydroxylation is 1. The molecule has 0 atom stereocenters. The first-order chi connectivity index (χ1) is 13.9. The highest BCUT2D eigenvalue weighted by atomic mass is 19.1. The first kappa shape index (κ1) is 19.8. The van der Waals surface area contributed by atoms with Crippen LogP contribution in [0.2, 0.25) is 0 Å².